The van der Waals surface area contributed by atoms with Crippen molar-refractivity contribution < 1.29 is 23.1 Å². The number of amides is 2. The number of nitrogens with zero attached hydrogens (tertiary/aromatic N) is 2. The highest BCUT2D eigenvalue weighted by Gasteiger charge is 2.18. The second kappa shape index (κ2) is 8.46. The van der Waals surface area contributed by atoms with Gasteiger partial charge in [-0.25, -0.2) is 4.79 Å². The lowest BCUT2D eigenvalue weighted by atomic mass is 10.1. The Labute approximate surface area is 172 Å². The smallest absolute Gasteiger partial charge is 0.433 e. The van der Waals surface area contributed by atoms with Gasteiger partial charge in [-0.15, -0.1) is 0 Å². The fourth-order valence-electron chi connectivity index (χ4n) is 2.47. The van der Waals surface area contributed by atoms with Gasteiger partial charge in [0.05, 0.1) is 6.26 Å². The van der Waals surface area contributed by atoms with Crippen LogP contribution in [0.15, 0.2) is 53.4 Å². The Kier molecular flexibility index (Phi) is 5.81. The molecule has 144 valence electrons. The van der Waals surface area contributed by atoms with Crippen LogP contribution in [0, 0.1) is 18.8 Å². The van der Waals surface area contributed by atoms with Crippen molar-refractivity contribution in [2.75, 3.05) is 12.4 Å². The monoisotopic (exact) mass is 405 g/mol. The summed E-state index contributed by atoms with van der Waals surface area (Å²) in [7, 11) is 1.37. The second-order valence-corrected chi connectivity index (χ2v) is 6.63. The third-order valence-corrected chi connectivity index (χ3v) is 4.11. The first-order valence-corrected chi connectivity index (χ1v) is 8.81. The van der Waals surface area contributed by atoms with Crippen LogP contribution in [0.4, 0.5) is 5.69 Å². The highest BCUT2D eigenvalue weighted by atomic mass is 32.1. The molecule has 0 saturated carbocycles. The van der Waals surface area contributed by atoms with Gasteiger partial charge in [0.2, 0.25) is 0 Å². The minimum absolute atomic E-state index is 0.0772. The quantitative estimate of drug-likeness (QED) is 0.530. The highest BCUT2D eigenvalue weighted by Crippen LogP contribution is 2.18. The molecule has 0 radical (unpaired) electrons. The molecule has 7 nitrogen and oxygen atoms in total. The van der Waals surface area contributed by atoms with E-state index in [4.69, 9.17) is 16.8 Å². The zero-order chi connectivity index (χ0) is 21.0. The lowest BCUT2D eigenvalue weighted by Crippen LogP contribution is -2.16. The van der Waals surface area contributed by atoms with Crippen molar-refractivity contribution in [2.45, 2.75) is 6.92 Å². The number of aryl methyl sites for hydroxylation is 1. The molecule has 1 N–H and O–H groups in total. The number of benzene rings is 1. The van der Waals surface area contributed by atoms with Crippen molar-refractivity contribution in [3.63, 3.8) is 0 Å². The van der Waals surface area contributed by atoms with Crippen molar-refractivity contribution in [1.82, 2.24) is 4.98 Å². The Hall–Kier alpha value is -3.83. The average molecular weight is 405 g/mol. The van der Waals surface area contributed by atoms with Crippen molar-refractivity contribution in [1.29, 1.82) is 0 Å². The summed E-state index contributed by atoms with van der Waals surface area (Å²) in [6, 6.07) is 8.52. The number of carbonyl (C=O) groups is 2. The predicted octanol–water partition coefficient (Wildman–Crippen LogP) is 2.22. The molecule has 0 atom stereocenters. The van der Waals surface area contributed by atoms with Crippen LogP contribution < -0.4 is 10.4 Å². The molecule has 0 bridgehead atoms. The summed E-state index contributed by atoms with van der Waals surface area (Å²) in [5.41, 5.74) is 1.76. The molecule has 29 heavy (non-hydrogen) atoms. The predicted molar refractivity (Wildman–Crippen MR) is 105 cm³/mol. The summed E-state index contributed by atoms with van der Waals surface area (Å²) < 4.78 is 6.07. The number of anilines is 1. The molecule has 0 fully saturated rings. The minimum atomic E-state index is -0.612. The fourth-order valence-corrected chi connectivity index (χ4v) is 2.57. The lowest BCUT2D eigenvalue weighted by Gasteiger charge is -2.10. The maximum Gasteiger partial charge on any atom is 0.433 e. The van der Waals surface area contributed by atoms with E-state index in [0.29, 0.717) is 11.3 Å². The van der Waals surface area contributed by atoms with Gasteiger partial charge in [-0.3, -0.25) is 9.78 Å². The summed E-state index contributed by atoms with van der Waals surface area (Å²) >= 11 is 4.75. The van der Waals surface area contributed by atoms with Gasteiger partial charge < -0.3 is 14.8 Å². The molecule has 0 spiro atoms. The molecule has 0 saturated heterocycles. The number of pyridine rings is 1. The van der Waals surface area contributed by atoms with Crippen molar-refractivity contribution in [3.05, 3.63) is 77.0 Å². The molecule has 0 unspecified atom stereocenters. The van der Waals surface area contributed by atoms with Gasteiger partial charge in [-0.2, -0.15) is 0 Å². The molecule has 3 rings (SSSR count). The second-order valence-electron chi connectivity index (χ2n) is 6.08. The van der Waals surface area contributed by atoms with Crippen LogP contribution in [-0.4, -0.2) is 27.8 Å². The molecular weight excluding hydrogens is 390 g/mol. The van der Waals surface area contributed by atoms with E-state index < -0.39 is 11.7 Å². The summed E-state index contributed by atoms with van der Waals surface area (Å²) in [5, 5.41) is 15.1. The van der Waals surface area contributed by atoms with Gasteiger partial charge in [0.1, 0.15) is 5.56 Å². The van der Waals surface area contributed by atoms with Crippen LogP contribution in [0.5, 0.6) is 5.75 Å². The molecule has 1 aromatic carbocycles. The minimum Gasteiger partial charge on any atom is -0.871 e. The maximum atomic E-state index is 12.4. The molecule has 3 aromatic rings. The van der Waals surface area contributed by atoms with E-state index in [2.05, 4.69) is 22.1 Å². The third kappa shape index (κ3) is 4.54. The zero-order valence-corrected chi connectivity index (χ0v) is 16.4. The molecule has 2 heterocycles. The van der Waals surface area contributed by atoms with E-state index in [1.54, 1.807) is 37.3 Å². The topological polar surface area (TPSA) is 98.3 Å². The lowest BCUT2D eigenvalue weighted by molar-refractivity contribution is -0.363. The van der Waals surface area contributed by atoms with Crippen LogP contribution in [0.2, 0.25) is 0 Å². The standard InChI is InChI=1S/C21H15N3O4S/c1-13-8-9-28-19(13)20(26)23-16-5-3-4-14(10-16)6-7-15-11-22-12-17(18(15)25)21(27)24(2)29/h3-5,8-12H,1-2H3,(H-,22,23,25,26,27). The summed E-state index contributed by atoms with van der Waals surface area (Å²) in [6.07, 6.45) is 3.91. The van der Waals surface area contributed by atoms with Gasteiger partial charge >= 0.3 is 5.91 Å². The summed E-state index contributed by atoms with van der Waals surface area (Å²) in [4.78, 5) is 28.1. The first kappa shape index (κ1) is 19.9. The van der Waals surface area contributed by atoms with Gasteiger partial charge in [-0.1, -0.05) is 27.6 Å². The number of furan rings is 1. The number of rotatable bonds is 3. The molecule has 8 heteroatoms. The van der Waals surface area contributed by atoms with Crippen LogP contribution in [0.3, 0.4) is 0 Å². The summed E-state index contributed by atoms with van der Waals surface area (Å²) in [5.74, 6) is 4.27. The first-order chi connectivity index (χ1) is 13.9. The number of hydrogen-bond donors (Lipinski definition) is 1. The van der Waals surface area contributed by atoms with E-state index >= 15 is 0 Å². The molecule has 2 amide bonds. The Morgan fingerprint density at radius 2 is 2.03 bits per heavy atom. The van der Waals surface area contributed by atoms with Crippen LogP contribution >= 0.6 is 0 Å². The van der Waals surface area contributed by atoms with Gasteiger partial charge in [0.15, 0.2) is 12.8 Å². The Balaban J connectivity index is 1.84. The van der Waals surface area contributed by atoms with Crippen molar-refractivity contribution >= 4 is 29.9 Å². The number of aromatic nitrogens is 1. The molecule has 0 aliphatic carbocycles. The Morgan fingerprint density at radius 3 is 2.72 bits per heavy atom. The van der Waals surface area contributed by atoms with Crippen LogP contribution in [0.1, 0.15) is 37.6 Å². The van der Waals surface area contributed by atoms with Gasteiger partial charge in [-0.05, 0) is 31.2 Å². The van der Waals surface area contributed by atoms with Crippen LogP contribution in [-0.2, 0) is 12.4 Å². The highest BCUT2D eigenvalue weighted by molar-refractivity contribution is 7.44. The van der Waals surface area contributed by atoms with Crippen LogP contribution in [0.25, 0.3) is 0 Å². The third-order valence-electron chi connectivity index (χ3n) is 3.94. The van der Waals surface area contributed by atoms with Gasteiger partial charge in [0.25, 0.3) is 18.3 Å². The fraction of sp³-hybridized carbons (Fsp3) is 0.0952. The van der Waals surface area contributed by atoms with Crippen molar-refractivity contribution in [3.8, 4) is 17.6 Å². The SMILES string of the molecule is Cc1ccoc1C(=O)Nc1cccc(C#Cc2cncc(C(=O)[N+](C)=S)c2[O-])c1. The molecule has 0 aliphatic heterocycles. The van der Waals surface area contributed by atoms with E-state index in [1.165, 1.54) is 25.7 Å². The molecular formula is C21H15N3O4S. The number of hydrogen-bond acceptors (Lipinski definition) is 6. The van der Waals surface area contributed by atoms with Crippen molar-refractivity contribution in [2.24, 2.45) is 0 Å². The average Bonchev–Trinajstić information content (AvgIpc) is 3.13. The number of nitrogens with one attached hydrogen (secondary N) is 1. The summed E-state index contributed by atoms with van der Waals surface area (Å²) in [6.45, 7) is 1.78. The van der Waals surface area contributed by atoms with E-state index in [-0.39, 0.29) is 22.8 Å². The number of carbonyl (C=O) groups excluding carboxylic acids is 2. The largest absolute Gasteiger partial charge is 0.871 e. The Morgan fingerprint density at radius 1 is 1.24 bits per heavy atom. The van der Waals surface area contributed by atoms with E-state index in [1.807, 2.05) is 0 Å². The van der Waals surface area contributed by atoms with Gasteiger partial charge in [0, 0.05) is 34.8 Å². The van der Waals surface area contributed by atoms with E-state index in [9.17, 15) is 14.7 Å². The zero-order valence-electron chi connectivity index (χ0n) is 15.6. The normalized spacial score (nSPS) is 10.0. The molecule has 2 aromatic heterocycles. The Bertz CT molecular complexity index is 1190. The first-order valence-electron chi connectivity index (χ1n) is 8.44. The maximum absolute atomic E-state index is 12.4. The van der Waals surface area contributed by atoms with E-state index in [0.717, 1.165) is 9.51 Å². The molecule has 0 aliphatic rings.